The second-order valence-corrected chi connectivity index (χ2v) is 0. The van der Waals surface area contributed by atoms with Crippen LogP contribution < -0.4 is 0 Å². The van der Waals surface area contributed by atoms with Crippen LogP contribution in [0.2, 0.25) is 0 Å². The van der Waals surface area contributed by atoms with Crippen LogP contribution in [0.4, 0.5) is 0 Å². The summed E-state index contributed by atoms with van der Waals surface area (Å²) in [5, 5.41) is 0. The van der Waals surface area contributed by atoms with Crippen LogP contribution in [0.25, 0.3) is 0 Å². The summed E-state index contributed by atoms with van der Waals surface area (Å²) < 4.78 is 0. The summed E-state index contributed by atoms with van der Waals surface area (Å²) in [6.07, 6.45) is 0. The number of hydrogen-bond donors (Lipinski definition) is 0. The van der Waals surface area contributed by atoms with E-state index in [1.807, 2.05) is 0 Å². The van der Waals surface area contributed by atoms with E-state index in [0.717, 1.165) is 0 Å². The third kappa shape index (κ3) is 115. The van der Waals surface area contributed by atoms with Gasteiger partial charge < -0.3 is 49.7 Å². The molecule has 82 valence electrons. The second-order valence-electron chi connectivity index (χ2n) is 0. The van der Waals surface area contributed by atoms with Crippen LogP contribution >= 0.6 is 0 Å². The smallest absolute Gasteiger partial charge is 2.00 e. The van der Waals surface area contributed by atoms with Crippen molar-refractivity contribution in [1.82, 2.24) is 0 Å². The molecule has 0 fully saturated rings. The molecule has 0 rings (SSSR count). The van der Waals surface area contributed by atoms with E-state index in [2.05, 4.69) is 0 Å². The van der Waals surface area contributed by atoms with Crippen LogP contribution in [0.15, 0.2) is 0 Å². The van der Waals surface area contributed by atoms with Gasteiger partial charge >= 0.3 is 286 Å². The fourth-order valence-corrected chi connectivity index (χ4v) is 0. The van der Waals surface area contributed by atoms with Crippen molar-refractivity contribution in [3.05, 3.63) is 0 Å². The molecule has 0 N–H and O–H groups in total. The van der Waals surface area contributed by atoms with Gasteiger partial charge in [-0.2, -0.15) is 0 Å². The molecule has 0 saturated carbocycles. The predicted octanol–water partition coefficient (Wildman–Crippen LogP) is -2.22. The van der Waals surface area contributed by atoms with Crippen molar-refractivity contribution in [2.75, 3.05) is 0 Å². The Morgan fingerprint density at radius 1 is 0.333 bits per heavy atom. The maximum atomic E-state index is 0. The van der Waals surface area contributed by atoms with Crippen LogP contribution in [-0.4, -0.2) is 286 Å². The first kappa shape index (κ1) is 143. The normalized spacial score (nSPS) is 0. The molecular weight excluding hydrogens is 938 g/mol. The van der Waals surface area contributed by atoms with E-state index in [0.29, 0.717) is 0 Å². The third-order valence-electron chi connectivity index (χ3n) is 0. The van der Waals surface area contributed by atoms with Crippen LogP contribution in [-0.2, 0) is 75.4 Å². The summed E-state index contributed by atoms with van der Waals surface area (Å²) in [5.41, 5.74) is 0. The summed E-state index contributed by atoms with van der Waals surface area (Å²) in [6, 6.07) is 0. The Labute approximate surface area is 361 Å². The minimum atomic E-state index is 0. The molecule has 0 aliphatic heterocycles. The Bertz CT molecular complexity index is 48.4. The molecule has 0 bridgehead atoms. The SMILES string of the molecule is [Ba+2].[Ba+2].[Ba+2].[Ba+2].[H-].[H-].[H-].[H-].[H-].[H-].[H-].[H-].[O-2].[O-2].[O-2].[O-2].[O-2].[O-2].[O-2].[Sr+2].[Sr+2].[V].[V]. The fraction of sp³-hybridized carbons (Fsp3) is 0. The van der Waals surface area contributed by atoms with Crippen molar-refractivity contribution in [1.29, 1.82) is 0 Å². The molecule has 0 atom stereocenters. The van der Waals surface area contributed by atoms with Crippen molar-refractivity contribution < 1.29 is 86.9 Å². The van der Waals surface area contributed by atoms with E-state index in [-0.39, 0.29) is 373 Å². The van der Waals surface area contributed by atoms with Crippen LogP contribution in [0.5, 0.6) is 0 Å². The molecule has 0 spiro atoms. The topological polar surface area (TPSA) is 200 Å². The standard InChI is InChI=1S/4Ba.7O.2Sr.2V.8H/q4*+2;7*-2;2*+2;;;8*-1. The molecule has 2 radical (unpaired) electrons. The van der Waals surface area contributed by atoms with E-state index < -0.39 is 0 Å². The number of rotatable bonds is 0. The van der Waals surface area contributed by atoms with Gasteiger partial charge in [-0.3, -0.25) is 0 Å². The first-order valence-electron chi connectivity index (χ1n) is 0. The van der Waals surface area contributed by atoms with Crippen LogP contribution in [0.1, 0.15) is 11.4 Å². The fourth-order valence-electron chi connectivity index (χ4n) is 0. The average molecular weight is 946 g/mol. The number of hydrogen-bond acceptors (Lipinski definition) is 0. The molecule has 0 aliphatic rings. The first-order valence-corrected chi connectivity index (χ1v) is 0. The van der Waals surface area contributed by atoms with Gasteiger partial charge in [-0.05, 0) is 0 Å². The maximum absolute atomic E-state index is 0. The van der Waals surface area contributed by atoms with Gasteiger partial charge in [0.2, 0.25) is 0 Å². The van der Waals surface area contributed by atoms with Gasteiger partial charge in [0, 0.05) is 37.1 Å². The van der Waals surface area contributed by atoms with Gasteiger partial charge in [-0.15, -0.1) is 0 Å². The Morgan fingerprint density at radius 3 is 0.333 bits per heavy atom. The van der Waals surface area contributed by atoms with Crippen molar-refractivity contribution in [2.45, 2.75) is 0 Å². The molecule has 15 heteroatoms. The van der Waals surface area contributed by atoms with Gasteiger partial charge in [0.25, 0.3) is 0 Å². The Morgan fingerprint density at radius 2 is 0.333 bits per heavy atom. The molecule has 0 aromatic heterocycles. The molecule has 0 saturated heterocycles. The molecule has 0 heterocycles. The monoisotopic (exact) mass is 949 g/mol. The summed E-state index contributed by atoms with van der Waals surface area (Å²) in [5.74, 6) is 0. The molecule has 15 heavy (non-hydrogen) atoms. The van der Waals surface area contributed by atoms with E-state index >= 15 is 0 Å². The van der Waals surface area contributed by atoms with Gasteiger partial charge in [0.1, 0.15) is 0 Å². The predicted molar refractivity (Wildman–Crippen MR) is 48.2 cm³/mol. The second kappa shape index (κ2) is 126. The van der Waals surface area contributed by atoms with E-state index in [1.165, 1.54) is 0 Å². The minimum absolute atomic E-state index is 0. The molecule has 0 aromatic rings. The van der Waals surface area contributed by atoms with Gasteiger partial charge in [-0.1, -0.05) is 0 Å². The van der Waals surface area contributed by atoms with Crippen molar-refractivity contribution in [3.63, 3.8) is 0 Å². The summed E-state index contributed by atoms with van der Waals surface area (Å²) >= 11 is 0. The maximum Gasteiger partial charge on any atom is 2.00 e. The molecule has 0 amide bonds. The zero-order valence-corrected chi connectivity index (χ0v) is 35.5. The summed E-state index contributed by atoms with van der Waals surface area (Å²) in [4.78, 5) is 0. The van der Waals surface area contributed by atoms with Crippen molar-refractivity contribution >= 4 is 286 Å². The minimum Gasteiger partial charge on any atom is -2.00 e. The summed E-state index contributed by atoms with van der Waals surface area (Å²) in [6.45, 7) is 0. The van der Waals surface area contributed by atoms with Gasteiger partial charge in [0.05, 0.1) is 0 Å². The third-order valence-corrected chi connectivity index (χ3v) is 0. The Balaban J connectivity index is 0. The largest absolute Gasteiger partial charge is 2.00 e. The Kier molecular flexibility index (Phi) is 1190. The molecule has 0 aliphatic carbocycles. The Hall–Kier alpha value is 10.1. The summed E-state index contributed by atoms with van der Waals surface area (Å²) in [7, 11) is 0. The van der Waals surface area contributed by atoms with Gasteiger partial charge in [-0.25, -0.2) is 0 Å². The first-order chi connectivity index (χ1) is 0. The van der Waals surface area contributed by atoms with Crippen LogP contribution in [0, 0.1) is 0 Å². The van der Waals surface area contributed by atoms with E-state index in [1.54, 1.807) is 0 Å². The molecule has 0 unspecified atom stereocenters. The zero-order valence-electron chi connectivity index (χ0n) is 16.0. The van der Waals surface area contributed by atoms with Gasteiger partial charge in [0.15, 0.2) is 0 Å². The van der Waals surface area contributed by atoms with Crippen LogP contribution in [0.3, 0.4) is 0 Å². The molecule has 7 nitrogen and oxygen atoms in total. The average Bonchev–Trinajstić information content (AvgIpc) is 0. The molecule has 0 aromatic carbocycles. The van der Waals surface area contributed by atoms with E-state index in [4.69, 9.17) is 0 Å². The van der Waals surface area contributed by atoms with E-state index in [9.17, 15) is 0 Å². The quantitative estimate of drug-likeness (QED) is 0.238. The molecular formula is H8Ba4O7Sr2V2-10. The van der Waals surface area contributed by atoms with Crippen molar-refractivity contribution in [3.8, 4) is 0 Å². The van der Waals surface area contributed by atoms with Crippen molar-refractivity contribution in [2.24, 2.45) is 0 Å². The zero-order chi connectivity index (χ0) is 0.